The standard InChI is InChI=1S/C27H35FN4O4/c1-3-36-26(34)32-17-27(18-32)7-6-21(14-27)30-8-10-31(11-9-30)25-24(13-20(28)15-29-25)23-5-4-22(35-2)12-19(23)16-33/h4-5,12-13,15,21,33H,3,6-11,14,16-18H2,1-2H3/t21-/m1/s1. The molecule has 0 bridgehead atoms. The molecule has 2 aliphatic heterocycles. The van der Waals surface area contributed by atoms with E-state index in [1.807, 2.05) is 24.0 Å². The zero-order valence-electron chi connectivity index (χ0n) is 21.1. The monoisotopic (exact) mass is 498 g/mol. The van der Waals surface area contributed by atoms with Crippen LogP contribution in [0.1, 0.15) is 31.7 Å². The van der Waals surface area contributed by atoms with Gasteiger partial charge >= 0.3 is 6.09 Å². The van der Waals surface area contributed by atoms with Crippen LogP contribution in [0, 0.1) is 11.2 Å². The van der Waals surface area contributed by atoms with E-state index in [2.05, 4.69) is 14.8 Å². The van der Waals surface area contributed by atoms with Crippen molar-refractivity contribution in [3.05, 3.63) is 41.8 Å². The molecule has 0 radical (unpaired) electrons. The summed E-state index contributed by atoms with van der Waals surface area (Å²) in [6.45, 7) is 7.12. The topological polar surface area (TPSA) is 78.4 Å². The molecule has 2 aromatic rings. The van der Waals surface area contributed by atoms with Gasteiger partial charge < -0.3 is 24.4 Å². The van der Waals surface area contributed by atoms with Gasteiger partial charge in [-0.05, 0) is 55.5 Å². The quantitative estimate of drug-likeness (QED) is 0.653. The zero-order chi connectivity index (χ0) is 25.3. The molecule has 3 heterocycles. The number of hydrogen-bond donors (Lipinski definition) is 1. The van der Waals surface area contributed by atoms with E-state index in [1.165, 1.54) is 12.3 Å². The molecule has 36 heavy (non-hydrogen) atoms. The number of anilines is 1. The Morgan fingerprint density at radius 3 is 2.67 bits per heavy atom. The van der Waals surface area contributed by atoms with Crippen molar-refractivity contribution >= 4 is 11.9 Å². The number of benzene rings is 1. The fourth-order valence-electron chi connectivity index (χ4n) is 6.15. The van der Waals surface area contributed by atoms with Crippen molar-refractivity contribution in [3.63, 3.8) is 0 Å². The molecule has 1 spiro atoms. The van der Waals surface area contributed by atoms with Gasteiger partial charge in [0.15, 0.2) is 0 Å². The first-order valence-corrected chi connectivity index (χ1v) is 12.8. The van der Waals surface area contributed by atoms with E-state index < -0.39 is 5.82 Å². The van der Waals surface area contributed by atoms with Crippen LogP contribution in [0.4, 0.5) is 15.0 Å². The maximum Gasteiger partial charge on any atom is 0.409 e. The molecule has 1 saturated carbocycles. The van der Waals surface area contributed by atoms with Crippen LogP contribution < -0.4 is 9.64 Å². The molecular formula is C27H35FN4O4. The highest BCUT2D eigenvalue weighted by molar-refractivity contribution is 5.79. The number of methoxy groups -OCH3 is 1. The summed E-state index contributed by atoms with van der Waals surface area (Å²) in [7, 11) is 1.58. The number of rotatable bonds is 6. The Morgan fingerprint density at radius 1 is 1.19 bits per heavy atom. The number of halogens is 1. The maximum atomic E-state index is 14.3. The van der Waals surface area contributed by atoms with Crippen molar-refractivity contribution in [2.24, 2.45) is 5.41 Å². The number of hydrogen-bond acceptors (Lipinski definition) is 7. The highest BCUT2D eigenvalue weighted by atomic mass is 19.1. The summed E-state index contributed by atoms with van der Waals surface area (Å²) in [4.78, 5) is 23.1. The molecular weight excluding hydrogens is 463 g/mol. The van der Waals surface area contributed by atoms with Gasteiger partial charge in [0.25, 0.3) is 0 Å². The molecule has 3 fully saturated rings. The number of ether oxygens (including phenoxy) is 2. The Kier molecular flexibility index (Phi) is 7.03. The lowest BCUT2D eigenvalue weighted by Gasteiger charge is -2.48. The Bertz CT molecular complexity index is 1100. The number of nitrogens with zero attached hydrogens (tertiary/aromatic N) is 4. The van der Waals surface area contributed by atoms with Gasteiger partial charge in [-0.3, -0.25) is 4.90 Å². The molecule has 1 atom stereocenters. The SMILES string of the molecule is CCOC(=O)N1CC2(CC[C@@H](N3CCN(c4ncc(F)cc4-c4ccc(OC)cc4CO)CC3)C2)C1. The van der Waals surface area contributed by atoms with Crippen LogP contribution in [0.2, 0.25) is 0 Å². The molecule has 9 heteroatoms. The van der Waals surface area contributed by atoms with Crippen molar-refractivity contribution < 1.29 is 23.8 Å². The summed E-state index contributed by atoms with van der Waals surface area (Å²) >= 11 is 0. The maximum absolute atomic E-state index is 14.3. The van der Waals surface area contributed by atoms with Crippen LogP contribution >= 0.6 is 0 Å². The molecule has 1 aromatic heterocycles. The lowest BCUT2D eigenvalue weighted by atomic mass is 9.78. The lowest BCUT2D eigenvalue weighted by Crippen LogP contribution is -2.58. The van der Waals surface area contributed by atoms with E-state index in [1.54, 1.807) is 13.2 Å². The largest absolute Gasteiger partial charge is 0.497 e. The number of likely N-dealkylation sites (tertiary alicyclic amines) is 1. The van der Waals surface area contributed by atoms with E-state index in [-0.39, 0.29) is 18.1 Å². The molecule has 2 saturated heterocycles. The number of piperazine rings is 1. The fraction of sp³-hybridized carbons (Fsp3) is 0.556. The van der Waals surface area contributed by atoms with E-state index in [0.29, 0.717) is 29.5 Å². The molecule has 0 unspecified atom stereocenters. The van der Waals surface area contributed by atoms with E-state index in [0.717, 1.165) is 69.9 Å². The number of carbonyl (C=O) groups is 1. The van der Waals surface area contributed by atoms with Crippen molar-refractivity contribution in [2.45, 2.75) is 38.8 Å². The van der Waals surface area contributed by atoms with Crippen molar-refractivity contribution in [1.29, 1.82) is 0 Å². The molecule has 8 nitrogen and oxygen atoms in total. The van der Waals surface area contributed by atoms with Gasteiger partial charge in [-0.15, -0.1) is 0 Å². The summed E-state index contributed by atoms with van der Waals surface area (Å²) in [5.41, 5.74) is 2.37. The van der Waals surface area contributed by atoms with Crippen molar-refractivity contribution in [1.82, 2.24) is 14.8 Å². The van der Waals surface area contributed by atoms with Crippen LogP contribution in [0.5, 0.6) is 5.75 Å². The average Bonchev–Trinajstić information content (AvgIpc) is 3.34. The molecule has 5 rings (SSSR count). The smallest absolute Gasteiger partial charge is 0.409 e. The Hall–Kier alpha value is -2.91. The Morgan fingerprint density at radius 2 is 1.97 bits per heavy atom. The minimum absolute atomic E-state index is 0.173. The van der Waals surface area contributed by atoms with Crippen LogP contribution in [-0.2, 0) is 11.3 Å². The zero-order valence-corrected chi connectivity index (χ0v) is 21.1. The third-order valence-electron chi connectivity index (χ3n) is 7.99. The van der Waals surface area contributed by atoms with Gasteiger partial charge in [0, 0.05) is 56.3 Å². The predicted molar refractivity (Wildman–Crippen MR) is 135 cm³/mol. The van der Waals surface area contributed by atoms with Crippen LogP contribution in [-0.4, -0.2) is 85.0 Å². The number of carbonyl (C=O) groups excluding carboxylic acids is 1. The fourth-order valence-corrected chi connectivity index (χ4v) is 6.15. The third-order valence-corrected chi connectivity index (χ3v) is 7.99. The Balaban J connectivity index is 1.24. The highest BCUT2D eigenvalue weighted by Gasteiger charge is 2.51. The van der Waals surface area contributed by atoms with Gasteiger partial charge in [0.2, 0.25) is 0 Å². The molecule has 194 valence electrons. The first-order chi connectivity index (χ1) is 17.4. The molecule has 1 amide bonds. The summed E-state index contributed by atoms with van der Waals surface area (Å²) < 4.78 is 24.7. The predicted octanol–water partition coefficient (Wildman–Crippen LogP) is 3.52. The van der Waals surface area contributed by atoms with Crippen molar-refractivity contribution in [2.75, 3.05) is 57.9 Å². The summed E-state index contributed by atoms with van der Waals surface area (Å²) in [6.07, 6.45) is 4.50. The summed E-state index contributed by atoms with van der Waals surface area (Å²) in [5, 5.41) is 9.95. The van der Waals surface area contributed by atoms with Crippen LogP contribution in [0.3, 0.4) is 0 Å². The van der Waals surface area contributed by atoms with E-state index in [9.17, 15) is 14.3 Å². The number of pyridine rings is 1. The number of aliphatic hydroxyl groups is 1. The van der Waals surface area contributed by atoms with Gasteiger partial charge in [0.05, 0.1) is 26.5 Å². The summed E-state index contributed by atoms with van der Waals surface area (Å²) in [6, 6.07) is 7.49. The highest BCUT2D eigenvalue weighted by Crippen LogP contribution is 2.47. The average molecular weight is 499 g/mol. The normalized spacial score (nSPS) is 21.5. The molecule has 1 aromatic carbocycles. The third kappa shape index (κ3) is 4.74. The van der Waals surface area contributed by atoms with Gasteiger partial charge in [0.1, 0.15) is 17.4 Å². The second-order valence-corrected chi connectivity index (χ2v) is 10.2. The lowest BCUT2D eigenvalue weighted by molar-refractivity contribution is -0.00294. The molecule has 3 aliphatic rings. The minimum Gasteiger partial charge on any atom is -0.497 e. The Labute approximate surface area is 211 Å². The summed E-state index contributed by atoms with van der Waals surface area (Å²) in [5.74, 6) is 0.983. The number of aromatic nitrogens is 1. The number of amides is 1. The van der Waals surface area contributed by atoms with Crippen molar-refractivity contribution in [3.8, 4) is 16.9 Å². The first-order valence-electron chi connectivity index (χ1n) is 12.8. The second-order valence-electron chi connectivity index (χ2n) is 10.2. The molecule has 1 N–H and O–H groups in total. The van der Waals surface area contributed by atoms with Gasteiger partial charge in [-0.1, -0.05) is 6.07 Å². The molecule has 1 aliphatic carbocycles. The first kappa shape index (κ1) is 24.8. The van der Waals surface area contributed by atoms with Gasteiger partial charge in [-0.25, -0.2) is 14.2 Å². The van der Waals surface area contributed by atoms with Crippen LogP contribution in [0.15, 0.2) is 30.5 Å². The minimum atomic E-state index is -0.402. The van der Waals surface area contributed by atoms with E-state index >= 15 is 0 Å². The second kappa shape index (κ2) is 10.2. The van der Waals surface area contributed by atoms with Gasteiger partial charge in [-0.2, -0.15) is 0 Å². The van der Waals surface area contributed by atoms with E-state index in [4.69, 9.17) is 9.47 Å². The van der Waals surface area contributed by atoms with Crippen LogP contribution in [0.25, 0.3) is 11.1 Å². The number of aliphatic hydroxyl groups excluding tert-OH is 1.